The van der Waals surface area contributed by atoms with Gasteiger partial charge in [-0.05, 0) is 81.6 Å². The number of hydrogen-bond acceptors (Lipinski definition) is 7. The molecule has 8 nitrogen and oxygen atoms in total. The summed E-state index contributed by atoms with van der Waals surface area (Å²) in [5.74, 6) is 0.899. The Balaban J connectivity index is 1.38. The van der Waals surface area contributed by atoms with Crippen LogP contribution in [-0.4, -0.2) is 54.0 Å². The van der Waals surface area contributed by atoms with E-state index >= 15 is 0 Å². The average molecular weight is 542 g/mol. The maximum atomic E-state index is 12.2. The van der Waals surface area contributed by atoms with Crippen LogP contribution in [0.4, 0.5) is 34.5 Å². The molecule has 0 aliphatic carbocycles. The van der Waals surface area contributed by atoms with E-state index in [-0.39, 0.29) is 5.91 Å². The maximum Gasteiger partial charge on any atom is 0.248 e. The molecular weight excluding hydrogens is 510 g/mol. The lowest BCUT2D eigenvalue weighted by Crippen LogP contribution is -2.44. The first-order chi connectivity index (χ1) is 18.8. The number of nitrogens with one attached hydrogen (secondary N) is 3. The van der Waals surface area contributed by atoms with E-state index in [2.05, 4.69) is 57.1 Å². The number of benzene rings is 3. The Morgan fingerprint density at radius 1 is 0.872 bits per heavy atom. The minimum absolute atomic E-state index is 0.170. The summed E-state index contributed by atoms with van der Waals surface area (Å²) in [6.07, 6.45) is 1.57. The van der Waals surface area contributed by atoms with Crippen LogP contribution in [0.3, 0.4) is 0 Å². The number of aromatic nitrogens is 2. The van der Waals surface area contributed by atoms with Gasteiger partial charge in [-0.2, -0.15) is 4.98 Å². The van der Waals surface area contributed by atoms with Crippen LogP contribution in [0.25, 0.3) is 10.9 Å². The van der Waals surface area contributed by atoms with Crippen molar-refractivity contribution in [3.63, 3.8) is 0 Å². The second-order valence-electron chi connectivity index (χ2n) is 9.94. The number of likely N-dealkylation sites (N-methyl/N-ethyl adjacent to an activating group) is 1. The van der Waals surface area contributed by atoms with E-state index in [1.807, 2.05) is 56.3 Å². The number of anilines is 6. The second-order valence-corrected chi connectivity index (χ2v) is 10.4. The number of carbonyl (C=O) groups excluding carboxylic acids is 1. The van der Waals surface area contributed by atoms with Crippen molar-refractivity contribution in [2.45, 2.75) is 13.8 Å². The van der Waals surface area contributed by atoms with Crippen LogP contribution in [0.1, 0.15) is 13.8 Å². The van der Waals surface area contributed by atoms with Crippen LogP contribution in [0.2, 0.25) is 5.02 Å². The Morgan fingerprint density at radius 3 is 2.36 bits per heavy atom. The molecule has 1 fully saturated rings. The Labute approximate surface area is 233 Å². The largest absolute Gasteiger partial charge is 0.369 e. The molecule has 0 radical (unpaired) electrons. The number of allylic oxidation sites excluding steroid dienone is 1. The number of halogens is 1. The van der Waals surface area contributed by atoms with Crippen molar-refractivity contribution in [1.82, 2.24) is 14.9 Å². The smallest absolute Gasteiger partial charge is 0.248 e. The predicted molar refractivity (Wildman–Crippen MR) is 162 cm³/mol. The molecule has 1 amide bonds. The molecule has 200 valence electrons. The predicted octanol–water partition coefficient (Wildman–Crippen LogP) is 6.43. The van der Waals surface area contributed by atoms with Crippen molar-refractivity contribution in [3.8, 4) is 0 Å². The van der Waals surface area contributed by atoms with Crippen molar-refractivity contribution in [2.24, 2.45) is 0 Å². The van der Waals surface area contributed by atoms with Gasteiger partial charge in [-0.1, -0.05) is 23.2 Å². The standard InChI is InChI=1S/C30H32ClN7O/c1-20(2)17-28(39)32-23-5-4-6-24(19-23)33-29-26-18-21(31)7-12-27(26)35-30(36-29)34-22-8-10-25(11-9-22)38-15-13-37(3)14-16-38/h4-12,17-19H,13-16H2,1-3H3,(H,32,39)(H2,33,34,35,36). The summed E-state index contributed by atoms with van der Waals surface area (Å²) in [6.45, 7) is 7.95. The molecule has 1 aliphatic heterocycles. The van der Waals surface area contributed by atoms with Gasteiger partial charge in [0.25, 0.3) is 0 Å². The molecule has 1 aliphatic rings. The van der Waals surface area contributed by atoms with Crippen LogP contribution >= 0.6 is 11.6 Å². The average Bonchev–Trinajstić information content (AvgIpc) is 2.90. The highest BCUT2D eigenvalue weighted by Gasteiger charge is 2.15. The van der Waals surface area contributed by atoms with Gasteiger partial charge in [0.1, 0.15) is 5.82 Å². The van der Waals surface area contributed by atoms with E-state index in [9.17, 15) is 4.79 Å². The van der Waals surface area contributed by atoms with Gasteiger partial charge in [0.2, 0.25) is 11.9 Å². The highest BCUT2D eigenvalue weighted by Crippen LogP contribution is 2.30. The molecule has 5 rings (SSSR count). The number of hydrogen-bond donors (Lipinski definition) is 3. The lowest BCUT2D eigenvalue weighted by Gasteiger charge is -2.34. The minimum atomic E-state index is -0.170. The summed E-state index contributed by atoms with van der Waals surface area (Å²) < 4.78 is 0. The van der Waals surface area contributed by atoms with E-state index in [0.29, 0.717) is 22.5 Å². The third kappa shape index (κ3) is 6.85. The highest BCUT2D eigenvalue weighted by atomic mass is 35.5. The molecule has 0 unspecified atom stereocenters. The van der Waals surface area contributed by atoms with Crippen LogP contribution in [0.5, 0.6) is 0 Å². The lowest BCUT2D eigenvalue weighted by molar-refractivity contribution is -0.111. The normalized spacial score (nSPS) is 13.7. The fraction of sp³-hybridized carbons (Fsp3) is 0.233. The van der Waals surface area contributed by atoms with Crippen molar-refractivity contribution in [1.29, 1.82) is 0 Å². The van der Waals surface area contributed by atoms with Gasteiger partial charge in [0.15, 0.2) is 0 Å². The molecule has 1 aromatic heterocycles. The van der Waals surface area contributed by atoms with Gasteiger partial charge in [0, 0.05) is 65.4 Å². The fourth-order valence-electron chi connectivity index (χ4n) is 4.45. The summed E-state index contributed by atoms with van der Waals surface area (Å²) >= 11 is 6.32. The van der Waals surface area contributed by atoms with Gasteiger partial charge in [-0.15, -0.1) is 0 Å². The number of rotatable bonds is 7. The molecule has 9 heteroatoms. The third-order valence-electron chi connectivity index (χ3n) is 6.46. The van der Waals surface area contributed by atoms with Crippen LogP contribution in [0.15, 0.2) is 78.4 Å². The maximum absolute atomic E-state index is 12.2. The molecule has 0 bridgehead atoms. The van der Waals surface area contributed by atoms with Gasteiger partial charge in [-0.25, -0.2) is 4.98 Å². The summed E-state index contributed by atoms with van der Waals surface area (Å²) in [5.41, 5.74) is 5.24. The Kier molecular flexibility index (Phi) is 7.95. The molecule has 4 aromatic rings. The zero-order valence-corrected chi connectivity index (χ0v) is 23.1. The lowest BCUT2D eigenvalue weighted by atomic mass is 10.2. The quantitative estimate of drug-likeness (QED) is 0.232. The van der Waals surface area contributed by atoms with Gasteiger partial charge in [-0.3, -0.25) is 4.79 Å². The monoisotopic (exact) mass is 541 g/mol. The van der Waals surface area contributed by atoms with E-state index in [1.165, 1.54) is 5.69 Å². The first kappa shape index (κ1) is 26.5. The Bertz CT molecular complexity index is 1510. The van der Waals surface area contributed by atoms with Gasteiger partial charge in [0.05, 0.1) is 5.52 Å². The molecule has 0 atom stereocenters. The molecule has 3 N–H and O–H groups in total. The van der Waals surface area contributed by atoms with Crippen LogP contribution in [0, 0.1) is 0 Å². The number of nitrogens with zero attached hydrogens (tertiary/aromatic N) is 4. The molecular formula is C30H32ClN7O. The van der Waals surface area contributed by atoms with E-state index in [0.717, 1.165) is 54.0 Å². The first-order valence-corrected chi connectivity index (χ1v) is 13.3. The fourth-order valence-corrected chi connectivity index (χ4v) is 4.63. The number of piperazine rings is 1. The third-order valence-corrected chi connectivity index (χ3v) is 6.70. The van der Waals surface area contributed by atoms with Crippen molar-refractivity contribution >= 4 is 62.9 Å². The number of amides is 1. The topological polar surface area (TPSA) is 85.4 Å². The zero-order valence-electron chi connectivity index (χ0n) is 22.3. The van der Waals surface area contributed by atoms with Crippen molar-refractivity contribution in [2.75, 3.05) is 54.1 Å². The highest BCUT2D eigenvalue weighted by molar-refractivity contribution is 6.31. The van der Waals surface area contributed by atoms with Crippen LogP contribution in [-0.2, 0) is 4.79 Å². The number of fused-ring (bicyclic) bond motifs is 1. The van der Waals surface area contributed by atoms with Gasteiger partial charge >= 0.3 is 0 Å². The molecule has 1 saturated heterocycles. The SMILES string of the molecule is CC(C)=CC(=O)Nc1cccc(Nc2nc(Nc3ccc(N4CCN(C)CC4)cc3)nc3ccc(Cl)cc23)c1. The van der Waals surface area contributed by atoms with Crippen molar-refractivity contribution < 1.29 is 4.79 Å². The molecule has 2 heterocycles. The molecule has 39 heavy (non-hydrogen) atoms. The molecule has 0 spiro atoms. The second kappa shape index (κ2) is 11.7. The molecule has 3 aromatic carbocycles. The van der Waals surface area contributed by atoms with Crippen molar-refractivity contribution in [3.05, 3.63) is 83.4 Å². The van der Waals surface area contributed by atoms with E-state index in [4.69, 9.17) is 21.6 Å². The summed E-state index contributed by atoms with van der Waals surface area (Å²) in [5, 5.41) is 11.0. The zero-order chi connectivity index (χ0) is 27.4. The van der Waals surface area contributed by atoms with E-state index < -0.39 is 0 Å². The first-order valence-electron chi connectivity index (χ1n) is 12.9. The number of carbonyl (C=O) groups is 1. The van der Waals surface area contributed by atoms with Crippen LogP contribution < -0.4 is 20.9 Å². The molecule has 0 saturated carbocycles. The van der Waals surface area contributed by atoms with Gasteiger partial charge < -0.3 is 25.8 Å². The summed E-state index contributed by atoms with van der Waals surface area (Å²) in [7, 11) is 2.16. The Morgan fingerprint density at radius 2 is 1.62 bits per heavy atom. The summed E-state index contributed by atoms with van der Waals surface area (Å²) in [4.78, 5) is 26.4. The summed E-state index contributed by atoms with van der Waals surface area (Å²) in [6, 6.07) is 21.4. The Hall–Kier alpha value is -4.14. The van der Waals surface area contributed by atoms with E-state index in [1.54, 1.807) is 6.08 Å². The minimum Gasteiger partial charge on any atom is -0.369 e.